The molecule has 0 aliphatic carbocycles. The number of aromatic amines is 1. The van der Waals surface area contributed by atoms with Gasteiger partial charge in [0.05, 0.1) is 51.6 Å². The van der Waals surface area contributed by atoms with E-state index >= 15 is 16.8 Å². The lowest BCUT2D eigenvalue weighted by Crippen LogP contribution is -2.44. The van der Waals surface area contributed by atoms with Gasteiger partial charge in [0.2, 0.25) is 20.0 Å². The summed E-state index contributed by atoms with van der Waals surface area (Å²) in [6.07, 6.45) is -3.56. The predicted octanol–water partition coefficient (Wildman–Crippen LogP) is 7.64. The van der Waals surface area contributed by atoms with Crippen LogP contribution < -0.4 is 29.7 Å². The quantitative estimate of drug-likeness (QED) is 0.0455. The van der Waals surface area contributed by atoms with Crippen LogP contribution in [0.25, 0.3) is 22.2 Å². The fourth-order valence-electron chi connectivity index (χ4n) is 8.08. The molecule has 1 atom stereocenters. The van der Waals surface area contributed by atoms with Crippen molar-refractivity contribution in [2.45, 2.75) is 94.8 Å². The first-order valence-electron chi connectivity index (χ1n) is 23.9. The molecule has 76 heavy (non-hydrogen) atoms. The van der Waals surface area contributed by atoms with Crippen LogP contribution in [-0.2, 0) is 51.0 Å². The van der Waals surface area contributed by atoms with Crippen LogP contribution in [0.2, 0.25) is 0 Å². The molecule has 2 heterocycles. The molecule has 404 valence electrons. The Kier molecular flexibility index (Phi) is 17.0. The van der Waals surface area contributed by atoms with E-state index in [-0.39, 0.29) is 71.5 Å². The maximum atomic E-state index is 16.4. The number of aliphatic hydroxyl groups is 1. The Bertz CT molecular complexity index is 3320. The van der Waals surface area contributed by atoms with E-state index in [9.17, 15) is 19.8 Å². The van der Waals surface area contributed by atoms with Gasteiger partial charge in [0.15, 0.2) is 5.84 Å². The van der Waals surface area contributed by atoms with Crippen molar-refractivity contribution in [3.8, 4) is 28.4 Å². The second kappa shape index (κ2) is 23.1. The second-order valence-corrected chi connectivity index (χ2v) is 23.2. The summed E-state index contributed by atoms with van der Waals surface area (Å²) in [4.78, 5) is 37.7. The van der Waals surface area contributed by atoms with Crippen molar-refractivity contribution in [3.05, 3.63) is 125 Å². The highest BCUT2D eigenvalue weighted by Crippen LogP contribution is 2.41. The number of amidine groups is 1. The Balaban J connectivity index is 1.53. The summed E-state index contributed by atoms with van der Waals surface area (Å²) in [6, 6.07) is 26.1. The van der Waals surface area contributed by atoms with Crippen LogP contribution in [0.3, 0.4) is 0 Å². The van der Waals surface area contributed by atoms with Crippen LogP contribution in [0.5, 0.6) is 17.2 Å². The Morgan fingerprint density at radius 3 is 2.01 bits per heavy atom. The van der Waals surface area contributed by atoms with Gasteiger partial charge >= 0.3 is 12.2 Å². The highest BCUT2D eigenvalue weighted by molar-refractivity contribution is 7.92. The number of rotatable bonds is 19. The molecule has 22 nitrogen and oxygen atoms in total. The van der Waals surface area contributed by atoms with Gasteiger partial charge in [-0.05, 0) is 112 Å². The van der Waals surface area contributed by atoms with E-state index < -0.39 is 72.4 Å². The number of amides is 2. The minimum absolute atomic E-state index is 0.0725. The first kappa shape index (κ1) is 56.1. The fourth-order valence-corrected chi connectivity index (χ4v) is 11.6. The molecular weight excluding hydrogens is 1020 g/mol. The van der Waals surface area contributed by atoms with Gasteiger partial charge in [-0.1, -0.05) is 53.8 Å². The molecule has 0 saturated heterocycles. The SMILES string of the molecule is COc1ccc(CN(Cc2ccc(OC)cc2)S(=O)(=O)c2c(S(=O)(=O)NC[C@H](O)CNC(=O)OC(C)(C)C)ccc(-c3cccc4[nH]c(CN(C(=O)O)C(C)(C)C)nc34)c2C2=Nc3cc(ccc3OC)CN=NN2)cc1. The summed E-state index contributed by atoms with van der Waals surface area (Å²) in [5.74, 6) is 1.27. The summed E-state index contributed by atoms with van der Waals surface area (Å²) in [6.45, 7) is 8.39. The van der Waals surface area contributed by atoms with Gasteiger partial charge in [0.1, 0.15) is 44.2 Å². The highest BCUT2D eigenvalue weighted by atomic mass is 32.2. The molecule has 0 saturated carbocycles. The number of carbonyl (C=O) groups excluding carboxylic acids is 1. The molecule has 1 aliphatic rings. The molecule has 1 aliphatic heterocycles. The number of sulfonamides is 2. The number of aromatic nitrogens is 2. The first-order chi connectivity index (χ1) is 35.9. The molecule has 5 aromatic carbocycles. The first-order valence-corrected chi connectivity index (χ1v) is 26.8. The third-order valence-electron chi connectivity index (χ3n) is 11.8. The van der Waals surface area contributed by atoms with E-state index in [2.05, 4.69) is 30.8 Å². The van der Waals surface area contributed by atoms with E-state index in [1.54, 1.807) is 126 Å². The summed E-state index contributed by atoms with van der Waals surface area (Å²) in [7, 11) is -5.71. The van der Waals surface area contributed by atoms with Gasteiger partial charge in [0, 0.05) is 42.8 Å². The standard InChI is InChI=1S/C52H62N10O12S2/c1-51(2,3)62(50(65)66)31-44-56-40-12-10-11-39(46(40)58-44)38-22-24-43(75(67,68)55-28-35(63)27-53-49(64)74-52(4,5)6)47(45(38)48-57-41-25-34(26-54-60-59-48)17-23-42(41)73-9)76(69,70)61(29-32-13-18-36(71-7)19-14-32)30-33-15-20-37(72-8)21-16-33/h10-25,35,55,63H,26-31H2,1-9H3,(H,53,64)(H,56,58)(H,65,66)(H,54,57,59)/t35-/m1/s1. The van der Waals surface area contributed by atoms with E-state index in [1.807, 2.05) is 0 Å². The number of hydrogen-bond acceptors (Lipinski definition) is 16. The number of para-hydroxylation sites is 1. The van der Waals surface area contributed by atoms with Gasteiger partial charge < -0.3 is 39.5 Å². The van der Waals surface area contributed by atoms with Crippen molar-refractivity contribution >= 4 is 54.8 Å². The number of carbonyl (C=O) groups is 2. The molecule has 0 fully saturated rings. The van der Waals surface area contributed by atoms with Crippen molar-refractivity contribution in [1.82, 2.24) is 34.6 Å². The molecule has 24 heteroatoms. The number of ether oxygens (including phenoxy) is 4. The molecule has 7 rings (SSSR count). The zero-order chi connectivity index (χ0) is 55.2. The average Bonchev–Trinajstić information content (AvgIpc) is 3.82. The molecular formula is C52H62N10O12S2. The van der Waals surface area contributed by atoms with Gasteiger partial charge in [-0.15, -0.1) is 0 Å². The van der Waals surface area contributed by atoms with E-state index in [1.165, 1.54) is 32.3 Å². The van der Waals surface area contributed by atoms with E-state index in [4.69, 9.17) is 28.9 Å². The Labute approximate surface area is 441 Å². The van der Waals surface area contributed by atoms with Gasteiger partial charge in [-0.3, -0.25) is 4.90 Å². The molecule has 0 unspecified atom stereocenters. The Hall–Kier alpha value is -7.64. The number of benzene rings is 5. The summed E-state index contributed by atoms with van der Waals surface area (Å²) >= 11 is 0. The van der Waals surface area contributed by atoms with Crippen molar-refractivity contribution in [2.75, 3.05) is 34.4 Å². The highest BCUT2D eigenvalue weighted by Gasteiger charge is 2.39. The van der Waals surface area contributed by atoms with Crippen molar-refractivity contribution in [3.63, 3.8) is 0 Å². The summed E-state index contributed by atoms with van der Waals surface area (Å²) in [5, 5.41) is 32.2. The predicted molar refractivity (Wildman–Crippen MR) is 284 cm³/mol. The number of H-pyrrole nitrogens is 1. The van der Waals surface area contributed by atoms with Crippen LogP contribution in [-0.4, -0.2) is 116 Å². The van der Waals surface area contributed by atoms with Gasteiger partial charge in [0.25, 0.3) is 0 Å². The number of imidazole rings is 1. The van der Waals surface area contributed by atoms with Crippen LogP contribution in [0.4, 0.5) is 15.3 Å². The Morgan fingerprint density at radius 2 is 1.43 bits per heavy atom. The topological polar surface area (TPSA) is 288 Å². The number of nitrogens with zero attached hydrogens (tertiary/aromatic N) is 6. The number of aliphatic imine (C=N–C) groups is 1. The summed E-state index contributed by atoms with van der Waals surface area (Å²) in [5.41, 5.74) is 3.83. The number of fused-ring (bicyclic) bond motifs is 3. The lowest BCUT2D eigenvalue weighted by molar-refractivity contribution is 0.0493. The van der Waals surface area contributed by atoms with Crippen LogP contribution in [0, 0.1) is 0 Å². The van der Waals surface area contributed by atoms with Gasteiger partial charge in [-0.25, -0.2) is 46.5 Å². The maximum Gasteiger partial charge on any atom is 0.408 e. The lowest BCUT2D eigenvalue weighted by atomic mass is 9.97. The number of carboxylic acid groups (broad SMARTS) is 1. The zero-order valence-corrected chi connectivity index (χ0v) is 45.2. The summed E-state index contributed by atoms with van der Waals surface area (Å²) < 4.78 is 88.4. The molecule has 0 spiro atoms. The average molecular weight is 1080 g/mol. The number of aliphatic hydroxyl groups excluding tert-OH is 1. The van der Waals surface area contributed by atoms with Crippen molar-refractivity contribution in [2.24, 2.45) is 15.3 Å². The number of nitrogens with one attached hydrogen (secondary N) is 4. The number of methoxy groups -OCH3 is 3. The second-order valence-electron chi connectivity index (χ2n) is 19.6. The van der Waals surface area contributed by atoms with Crippen LogP contribution >= 0.6 is 0 Å². The molecule has 2 bridgehead atoms. The molecule has 6 N–H and O–H groups in total. The van der Waals surface area contributed by atoms with Crippen LogP contribution in [0.1, 0.15) is 69.6 Å². The van der Waals surface area contributed by atoms with E-state index in [0.29, 0.717) is 33.7 Å². The Morgan fingerprint density at radius 1 is 0.789 bits per heavy atom. The van der Waals surface area contributed by atoms with Crippen molar-refractivity contribution < 1.29 is 55.6 Å². The minimum Gasteiger partial charge on any atom is -0.497 e. The van der Waals surface area contributed by atoms with Gasteiger partial charge in [-0.2, -0.15) is 9.42 Å². The minimum atomic E-state index is -5.14. The number of alkyl carbamates (subject to hydrolysis) is 1. The molecule has 0 radical (unpaired) electrons. The van der Waals surface area contributed by atoms with Crippen molar-refractivity contribution in [1.29, 1.82) is 0 Å². The fraction of sp³-hybridized carbons (Fsp3) is 0.346. The van der Waals surface area contributed by atoms with E-state index in [0.717, 1.165) is 10.4 Å². The third-order valence-corrected chi connectivity index (χ3v) is 15.3. The molecule has 6 aromatic rings. The number of hydrogen-bond donors (Lipinski definition) is 6. The largest absolute Gasteiger partial charge is 0.497 e. The van der Waals surface area contributed by atoms with Crippen LogP contribution in [0.15, 0.2) is 122 Å². The lowest BCUT2D eigenvalue weighted by Gasteiger charge is -2.32. The maximum absolute atomic E-state index is 16.4. The molecule has 1 aromatic heterocycles. The molecule has 2 amide bonds. The zero-order valence-electron chi connectivity index (χ0n) is 43.5. The monoisotopic (exact) mass is 1080 g/mol. The normalized spacial score (nSPS) is 13.4. The smallest absolute Gasteiger partial charge is 0.408 e. The third kappa shape index (κ3) is 13.4.